The van der Waals surface area contributed by atoms with E-state index in [0.29, 0.717) is 6.04 Å². The van der Waals surface area contributed by atoms with E-state index in [0.717, 1.165) is 26.2 Å². The zero-order valence-electron chi connectivity index (χ0n) is 5.81. The zero-order valence-corrected chi connectivity index (χ0v) is 5.81. The van der Waals surface area contributed by atoms with Gasteiger partial charge in [-0.05, 0) is 0 Å². The van der Waals surface area contributed by atoms with Gasteiger partial charge in [0.15, 0.2) is 0 Å². The van der Waals surface area contributed by atoms with E-state index in [1.54, 1.807) is 7.11 Å². The lowest BCUT2D eigenvalue weighted by molar-refractivity contribution is 0.159. The molecular weight excluding hydrogens is 116 g/mol. The molecule has 0 spiro atoms. The van der Waals surface area contributed by atoms with Gasteiger partial charge in [-0.2, -0.15) is 0 Å². The van der Waals surface area contributed by atoms with Crippen molar-refractivity contribution in [2.45, 2.75) is 6.04 Å². The van der Waals surface area contributed by atoms with Gasteiger partial charge in [-0.1, -0.05) is 0 Å². The van der Waals surface area contributed by atoms with Crippen molar-refractivity contribution >= 4 is 0 Å². The molecule has 1 atom stereocenters. The highest BCUT2D eigenvalue weighted by Gasteiger charge is 2.09. The molecule has 3 nitrogen and oxygen atoms in total. The maximum absolute atomic E-state index is 4.98. The molecule has 1 saturated heterocycles. The second kappa shape index (κ2) is 3.82. The average Bonchev–Trinajstić information content (AvgIpc) is 1.91. The van der Waals surface area contributed by atoms with Crippen LogP contribution in [-0.2, 0) is 4.74 Å². The summed E-state index contributed by atoms with van der Waals surface area (Å²) in [6.45, 7) is 4.00. The Bertz CT molecular complexity index is 76.2. The fourth-order valence-electron chi connectivity index (χ4n) is 1.03. The number of hydrogen-bond acceptors (Lipinski definition) is 3. The molecule has 9 heavy (non-hydrogen) atoms. The lowest BCUT2D eigenvalue weighted by Crippen LogP contribution is -2.50. The standard InChI is InChI=1S/C6H14N2O.2H2/c1-9-5-6-4-7-2-3-8-6;;/h6-8H,2-5H2,1H3;2*1H/t6-;;/m1../s1. The van der Waals surface area contributed by atoms with Gasteiger partial charge in [0.25, 0.3) is 0 Å². The molecule has 58 valence electrons. The lowest BCUT2D eigenvalue weighted by Gasteiger charge is -2.23. The van der Waals surface area contributed by atoms with Crippen LogP contribution >= 0.6 is 0 Å². The first-order chi connectivity index (χ1) is 4.43. The quantitative estimate of drug-likeness (QED) is 0.543. The van der Waals surface area contributed by atoms with Crippen molar-refractivity contribution < 1.29 is 7.59 Å². The van der Waals surface area contributed by atoms with Gasteiger partial charge >= 0.3 is 0 Å². The number of nitrogens with one attached hydrogen (secondary N) is 2. The molecule has 3 heteroatoms. The summed E-state index contributed by atoms with van der Waals surface area (Å²) in [5, 5.41) is 6.61. The minimum Gasteiger partial charge on any atom is -0.383 e. The molecule has 2 N–H and O–H groups in total. The van der Waals surface area contributed by atoms with E-state index in [4.69, 9.17) is 4.74 Å². The second-order valence-corrected chi connectivity index (χ2v) is 2.31. The van der Waals surface area contributed by atoms with Gasteiger partial charge < -0.3 is 15.4 Å². The predicted octanol–water partition coefficient (Wildman–Crippen LogP) is -0.314. The Kier molecular flexibility index (Phi) is 2.97. The molecule has 1 rings (SSSR count). The summed E-state index contributed by atoms with van der Waals surface area (Å²) in [6, 6.07) is 0.517. The number of hydrogen-bond donors (Lipinski definition) is 2. The van der Waals surface area contributed by atoms with Crippen molar-refractivity contribution in [3.05, 3.63) is 0 Å². The highest BCUT2D eigenvalue weighted by atomic mass is 16.5. The van der Waals surface area contributed by atoms with E-state index in [9.17, 15) is 0 Å². The molecule has 1 heterocycles. The second-order valence-electron chi connectivity index (χ2n) is 2.31. The Morgan fingerprint density at radius 1 is 1.67 bits per heavy atom. The molecule has 0 aromatic carbocycles. The summed E-state index contributed by atoms with van der Waals surface area (Å²) in [5.74, 6) is 0. The van der Waals surface area contributed by atoms with Crippen LogP contribution in [0, 0.1) is 0 Å². The number of methoxy groups -OCH3 is 1. The Morgan fingerprint density at radius 2 is 2.56 bits per heavy atom. The van der Waals surface area contributed by atoms with Crippen LogP contribution in [0.2, 0.25) is 0 Å². The van der Waals surface area contributed by atoms with E-state index >= 15 is 0 Å². The maximum atomic E-state index is 4.98. The Labute approximate surface area is 58.7 Å². The maximum Gasteiger partial charge on any atom is 0.0628 e. The van der Waals surface area contributed by atoms with Gasteiger partial charge in [-0.15, -0.1) is 0 Å². The van der Waals surface area contributed by atoms with Gasteiger partial charge in [0.1, 0.15) is 0 Å². The van der Waals surface area contributed by atoms with Gasteiger partial charge in [-0.3, -0.25) is 0 Å². The van der Waals surface area contributed by atoms with Crippen LogP contribution in [0.1, 0.15) is 2.85 Å². The molecule has 0 unspecified atom stereocenters. The summed E-state index contributed by atoms with van der Waals surface area (Å²) in [4.78, 5) is 0. The largest absolute Gasteiger partial charge is 0.383 e. The summed E-state index contributed by atoms with van der Waals surface area (Å²) in [5.41, 5.74) is 0. The summed E-state index contributed by atoms with van der Waals surface area (Å²) in [7, 11) is 1.73. The van der Waals surface area contributed by atoms with Crippen molar-refractivity contribution in [2.24, 2.45) is 0 Å². The molecule has 1 aliphatic rings. The Balaban J connectivity index is 0. The van der Waals surface area contributed by atoms with E-state index < -0.39 is 0 Å². The normalized spacial score (nSPS) is 28.3. The SMILES string of the molecule is COC[C@H]1CNCCN1.[HH].[HH]. The van der Waals surface area contributed by atoms with Crippen molar-refractivity contribution in [1.82, 2.24) is 10.6 Å². The molecule has 0 aromatic rings. The van der Waals surface area contributed by atoms with Crippen molar-refractivity contribution in [3.63, 3.8) is 0 Å². The van der Waals surface area contributed by atoms with Crippen LogP contribution in [-0.4, -0.2) is 39.4 Å². The van der Waals surface area contributed by atoms with Crippen LogP contribution in [0.5, 0.6) is 0 Å². The van der Waals surface area contributed by atoms with Crippen LogP contribution in [0.15, 0.2) is 0 Å². The fourth-order valence-corrected chi connectivity index (χ4v) is 1.03. The highest BCUT2D eigenvalue weighted by Crippen LogP contribution is 1.85. The van der Waals surface area contributed by atoms with Crippen molar-refractivity contribution in [1.29, 1.82) is 0 Å². The van der Waals surface area contributed by atoms with Crippen molar-refractivity contribution in [2.75, 3.05) is 33.4 Å². The van der Waals surface area contributed by atoms with Gasteiger partial charge in [0.05, 0.1) is 6.61 Å². The molecule has 0 amide bonds. The monoisotopic (exact) mass is 134 g/mol. The molecule has 0 saturated carbocycles. The van der Waals surface area contributed by atoms with E-state index in [1.165, 1.54) is 0 Å². The first-order valence-corrected chi connectivity index (χ1v) is 3.36. The topological polar surface area (TPSA) is 33.3 Å². The molecule has 0 aliphatic carbocycles. The average molecular weight is 134 g/mol. The van der Waals surface area contributed by atoms with Crippen molar-refractivity contribution in [3.8, 4) is 0 Å². The third-order valence-electron chi connectivity index (χ3n) is 1.49. The Morgan fingerprint density at radius 3 is 3.11 bits per heavy atom. The molecule has 1 fully saturated rings. The minimum absolute atomic E-state index is 0. The number of piperazine rings is 1. The van der Waals surface area contributed by atoms with Gasteiger partial charge in [-0.25, -0.2) is 0 Å². The molecule has 0 radical (unpaired) electrons. The smallest absolute Gasteiger partial charge is 0.0628 e. The Hall–Kier alpha value is -0.120. The predicted molar refractivity (Wildman–Crippen MR) is 40.8 cm³/mol. The van der Waals surface area contributed by atoms with Gasteiger partial charge in [0, 0.05) is 35.6 Å². The zero-order chi connectivity index (χ0) is 6.53. The molecule has 0 bridgehead atoms. The van der Waals surface area contributed by atoms with Crippen LogP contribution in [0.4, 0.5) is 0 Å². The molecule has 1 aliphatic heterocycles. The first kappa shape index (κ1) is 6.99. The highest BCUT2D eigenvalue weighted by molar-refractivity contribution is 4.74. The van der Waals surface area contributed by atoms with E-state index in [-0.39, 0.29) is 2.85 Å². The van der Waals surface area contributed by atoms with E-state index in [1.807, 2.05) is 0 Å². The van der Waals surface area contributed by atoms with Crippen LogP contribution < -0.4 is 10.6 Å². The number of rotatable bonds is 2. The third-order valence-corrected chi connectivity index (χ3v) is 1.49. The third kappa shape index (κ3) is 2.30. The van der Waals surface area contributed by atoms with Crippen LogP contribution in [0.25, 0.3) is 0 Å². The summed E-state index contributed by atoms with van der Waals surface area (Å²) >= 11 is 0. The lowest BCUT2D eigenvalue weighted by atomic mass is 10.2. The summed E-state index contributed by atoms with van der Waals surface area (Å²) < 4.78 is 4.98. The fraction of sp³-hybridized carbons (Fsp3) is 1.00. The first-order valence-electron chi connectivity index (χ1n) is 3.36. The molecule has 0 aromatic heterocycles. The van der Waals surface area contributed by atoms with Gasteiger partial charge in [0.2, 0.25) is 0 Å². The minimum atomic E-state index is 0. The van der Waals surface area contributed by atoms with E-state index in [2.05, 4.69) is 10.6 Å². The number of ether oxygens (including phenoxy) is 1. The molecular formula is C6H18N2O. The van der Waals surface area contributed by atoms with Crippen LogP contribution in [0.3, 0.4) is 0 Å². The summed E-state index contributed by atoms with van der Waals surface area (Å²) in [6.07, 6.45) is 0.